The SMILES string of the molecule is CC(C)n1cc(Cl)cc1C(=O)N(CCO)CCO. The summed E-state index contributed by atoms with van der Waals surface area (Å²) in [6.45, 7) is 4.02. The molecule has 1 amide bonds. The second kappa shape index (κ2) is 6.78. The fourth-order valence-corrected chi connectivity index (χ4v) is 1.97. The third kappa shape index (κ3) is 3.48. The Morgan fingerprint density at radius 1 is 1.39 bits per heavy atom. The Morgan fingerprint density at radius 3 is 2.39 bits per heavy atom. The maximum Gasteiger partial charge on any atom is 0.270 e. The van der Waals surface area contributed by atoms with E-state index in [4.69, 9.17) is 21.8 Å². The molecule has 0 spiro atoms. The van der Waals surface area contributed by atoms with Crippen LogP contribution in [0, 0.1) is 0 Å². The third-order valence-electron chi connectivity index (χ3n) is 2.62. The van der Waals surface area contributed by atoms with E-state index in [-0.39, 0.29) is 38.3 Å². The molecule has 0 aliphatic carbocycles. The van der Waals surface area contributed by atoms with Crippen molar-refractivity contribution in [2.75, 3.05) is 26.3 Å². The Kier molecular flexibility index (Phi) is 5.65. The smallest absolute Gasteiger partial charge is 0.270 e. The van der Waals surface area contributed by atoms with Gasteiger partial charge in [-0.2, -0.15) is 0 Å². The van der Waals surface area contributed by atoms with Crippen molar-refractivity contribution in [3.8, 4) is 0 Å². The molecule has 1 rings (SSSR count). The van der Waals surface area contributed by atoms with Gasteiger partial charge in [0.05, 0.1) is 18.2 Å². The predicted molar refractivity (Wildman–Crippen MR) is 69.9 cm³/mol. The molecule has 0 atom stereocenters. The van der Waals surface area contributed by atoms with Crippen LogP contribution in [0.4, 0.5) is 0 Å². The van der Waals surface area contributed by atoms with E-state index in [2.05, 4.69) is 0 Å². The fraction of sp³-hybridized carbons (Fsp3) is 0.583. The Balaban J connectivity index is 3.00. The molecule has 0 bridgehead atoms. The molecule has 1 heterocycles. The van der Waals surface area contributed by atoms with E-state index in [0.717, 1.165) is 0 Å². The van der Waals surface area contributed by atoms with Gasteiger partial charge in [-0.25, -0.2) is 0 Å². The molecule has 0 fully saturated rings. The van der Waals surface area contributed by atoms with E-state index < -0.39 is 0 Å². The van der Waals surface area contributed by atoms with Crippen molar-refractivity contribution < 1.29 is 15.0 Å². The second-order valence-corrected chi connectivity index (χ2v) is 4.72. The third-order valence-corrected chi connectivity index (χ3v) is 2.82. The van der Waals surface area contributed by atoms with E-state index in [0.29, 0.717) is 10.7 Å². The number of amides is 1. The Hall–Kier alpha value is -1.04. The summed E-state index contributed by atoms with van der Waals surface area (Å²) < 4.78 is 1.78. The van der Waals surface area contributed by atoms with Crippen molar-refractivity contribution in [2.45, 2.75) is 19.9 Å². The highest BCUT2D eigenvalue weighted by atomic mass is 35.5. The normalized spacial score (nSPS) is 11.0. The lowest BCUT2D eigenvalue weighted by molar-refractivity contribution is 0.0672. The minimum Gasteiger partial charge on any atom is -0.395 e. The van der Waals surface area contributed by atoms with Crippen LogP contribution >= 0.6 is 11.6 Å². The topological polar surface area (TPSA) is 65.7 Å². The Morgan fingerprint density at radius 2 is 1.94 bits per heavy atom. The van der Waals surface area contributed by atoms with Crippen LogP contribution in [-0.4, -0.2) is 51.9 Å². The van der Waals surface area contributed by atoms with E-state index >= 15 is 0 Å². The summed E-state index contributed by atoms with van der Waals surface area (Å²) >= 11 is 5.92. The number of halogens is 1. The number of hydrogen-bond donors (Lipinski definition) is 2. The monoisotopic (exact) mass is 274 g/mol. The van der Waals surface area contributed by atoms with Crippen molar-refractivity contribution in [3.63, 3.8) is 0 Å². The maximum atomic E-state index is 12.3. The van der Waals surface area contributed by atoms with E-state index in [1.54, 1.807) is 16.8 Å². The minimum absolute atomic E-state index is 0.113. The van der Waals surface area contributed by atoms with Crippen LogP contribution in [0.5, 0.6) is 0 Å². The van der Waals surface area contributed by atoms with Crippen LogP contribution in [-0.2, 0) is 0 Å². The van der Waals surface area contributed by atoms with Crippen LogP contribution in [0.1, 0.15) is 30.4 Å². The number of aliphatic hydroxyl groups excluding tert-OH is 2. The van der Waals surface area contributed by atoms with Gasteiger partial charge in [0.25, 0.3) is 5.91 Å². The molecule has 1 aromatic rings. The van der Waals surface area contributed by atoms with Gasteiger partial charge < -0.3 is 19.7 Å². The molecule has 0 aliphatic heterocycles. The number of aromatic nitrogens is 1. The summed E-state index contributed by atoms with van der Waals surface area (Å²) in [6.07, 6.45) is 1.70. The number of carbonyl (C=O) groups is 1. The van der Waals surface area contributed by atoms with Gasteiger partial charge in [-0.05, 0) is 19.9 Å². The summed E-state index contributed by atoms with van der Waals surface area (Å²) in [7, 11) is 0. The number of nitrogens with zero attached hydrogens (tertiary/aromatic N) is 2. The fourth-order valence-electron chi connectivity index (χ4n) is 1.76. The zero-order valence-corrected chi connectivity index (χ0v) is 11.4. The lowest BCUT2D eigenvalue weighted by Crippen LogP contribution is -2.37. The highest BCUT2D eigenvalue weighted by Crippen LogP contribution is 2.20. The molecule has 6 heteroatoms. The van der Waals surface area contributed by atoms with Gasteiger partial charge in [0.1, 0.15) is 5.69 Å². The summed E-state index contributed by atoms with van der Waals surface area (Å²) in [6, 6.07) is 1.72. The lowest BCUT2D eigenvalue weighted by Gasteiger charge is -2.22. The van der Waals surface area contributed by atoms with Crippen molar-refractivity contribution in [3.05, 3.63) is 23.0 Å². The summed E-state index contributed by atoms with van der Waals surface area (Å²) in [4.78, 5) is 13.7. The lowest BCUT2D eigenvalue weighted by atomic mass is 10.3. The first kappa shape index (κ1) is 15.0. The average molecular weight is 275 g/mol. The molecular formula is C12H19ClN2O3. The van der Waals surface area contributed by atoms with Gasteiger partial charge in [0.2, 0.25) is 0 Å². The average Bonchev–Trinajstić information content (AvgIpc) is 2.70. The molecule has 0 unspecified atom stereocenters. The van der Waals surface area contributed by atoms with Crippen LogP contribution in [0.25, 0.3) is 0 Å². The molecule has 0 saturated heterocycles. The van der Waals surface area contributed by atoms with Gasteiger partial charge in [0, 0.05) is 25.3 Å². The first-order chi connectivity index (χ1) is 8.51. The van der Waals surface area contributed by atoms with E-state index in [9.17, 15) is 4.79 Å². The number of carbonyl (C=O) groups excluding carboxylic acids is 1. The standard InChI is InChI=1S/C12H19ClN2O3/c1-9(2)15-8-10(13)7-11(15)12(18)14(3-5-16)4-6-17/h7-9,16-17H,3-6H2,1-2H3. The van der Waals surface area contributed by atoms with Crippen molar-refractivity contribution in [1.29, 1.82) is 0 Å². The van der Waals surface area contributed by atoms with Gasteiger partial charge >= 0.3 is 0 Å². The molecule has 0 saturated carbocycles. The molecule has 102 valence electrons. The molecule has 18 heavy (non-hydrogen) atoms. The van der Waals surface area contributed by atoms with E-state index in [1.165, 1.54) is 4.90 Å². The van der Waals surface area contributed by atoms with Gasteiger partial charge in [-0.3, -0.25) is 4.79 Å². The molecular weight excluding hydrogens is 256 g/mol. The van der Waals surface area contributed by atoms with Crippen LogP contribution in [0.2, 0.25) is 5.02 Å². The molecule has 2 N–H and O–H groups in total. The molecule has 1 aromatic heterocycles. The first-order valence-corrected chi connectivity index (χ1v) is 6.27. The number of rotatable bonds is 6. The highest BCUT2D eigenvalue weighted by molar-refractivity contribution is 6.31. The molecule has 5 nitrogen and oxygen atoms in total. The Bertz CT molecular complexity index is 398. The zero-order valence-electron chi connectivity index (χ0n) is 10.6. The minimum atomic E-state index is -0.237. The van der Waals surface area contributed by atoms with Gasteiger partial charge in [0.15, 0.2) is 0 Å². The molecule has 0 aromatic carbocycles. The van der Waals surface area contributed by atoms with Crippen molar-refractivity contribution in [2.24, 2.45) is 0 Å². The highest BCUT2D eigenvalue weighted by Gasteiger charge is 2.20. The number of hydrogen-bond acceptors (Lipinski definition) is 3. The van der Waals surface area contributed by atoms with Crippen LogP contribution < -0.4 is 0 Å². The Labute approximate surface area is 112 Å². The maximum absolute atomic E-state index is 12.3. The van der Waals surface area contributed by atoms with Crippen molar-refractivity contribution in [1.82, 2.24) is 9.47 Å². The predicted octanol–water partition coefficient (Wildman–Crippen LogP) is 1.15. The summed E-state index contributed by atoms with van der Waals surface area (Å²) in [5.41, 5.74) is 0.469. The van der Waals surface area contributed by atoms with Crippen LogP contribution in [0.3, 0.4) is 0 Å². The summed E-state index contributed by atoms with van der Waals surface area (Å²) in [5, 5.41) is 18.4. The van der Waals surface area contributed by atoms with Gasteiger partial charge in [-0.15, -0.1) is 0 Å². The first-order valence-electron chi connectivity index (χ1n) is 5.89. The molecule has 0 radical (unpaired) electrons. The summed E-state index contributed by atoms with van der Waals surface area (Å²) in [5.74, 6) is -0.237. The molecule has 0 aliphatic rings. The largest absolute Gasteiger partial charge is 0.395 e. The van der Waals surface area contributed by atoms with Crippen LogP contribution in [0.15, 0.2) is 12.3 Å². The second-order valence-electron chi connectivity index (χ2n) is 4.28. The van der Waals surface area contributed by atoms with Gasteiger partial charge in [-0.1, -0.05) is 11.6 Å². The quantitative estimate of drug-likeness (QED) is 0.818. The number of aliphatic hydroxyl groups is 2. The van der Waals surface area contributed by atoms with E-state index in [1.807, 2.05) is 13.8 Å². The van der Waals surface area contributed by atoms with Crippen molar-refractivity contribution >= 4 is 17.5 Å². The zero-order chi connectivity index (χ0) is 13.7.